The quantitative estimate of drug-likeness (QED) is 0.137. The van der Waals surface area contributed by atoms with Gasteiger partial charge in [0.25, 0.3) is 0 Å². The Labute approximate surface area is 195 Å². The predicted octanol–water partition coefficient (Wildman–Crippen LogP) is 8.63. The van der Waals surface area contributed by atoms with Crippen LogP contribution in [0.5, 0.6) is 0 Å². The van der Waals surface area contributed by atoms with Gasteiger partial charge in [0.1, 0.15) is 0 Å². The van der Waals surface area contributed by atoms with E-state index in [2.05, 4.69) is 39.5 Å². The van der Waals surface area contributed by atoms with Gasteiger partial charge in [-0.15, -0.1) is 0 Å². The summed E-state index contributed by atoms with van der Waals surface area (Å²) in [5, 5.41) is 0. The molecule has 0 aliphatic rings. The van der Waals surface area contributed by atoms with Gasteiger partial charge in [-0.3, -0.25) is 0 Å². The average Bonchev–Trinajstić information content (AvgIpc) is 2.80. The lowest BCUT2D eigenvalue weighted by molar-refractivity contribution is 0.0625. The fraction of sp³-hybridized carbons (Fsp3) is 0.333. The maximum absolute atomic E-state index is 14.6. The summed E-state index contributed by atoms with van der Waals surface area (Å²) >= 11 is 0. The number of allylic oxidation sites excluding steroid dienone is 10. The highest BCUT2D eigenvalue weighted by Crippen LogP contribution is 2.31. The Bertz CT molecular complexity index is 901. The summed E-state index contributed by atoms with van der Waals surface area (Å²) in [4.78, 5) is 0. The van der Waals surface area contributed by atoms with Crippen molar-refractivity contribution in [3.8, 4) is 0 Å². The number of hydrogen-bond donors (Lipinski definition) is 0. The first kappa shape index (κ1) is 30.1. The molecule has 0 aromatic heterocycles. The van der Waals surface area contributed by atoms with Crippen LogP contribution in [-0.2, 0) is 9.47 Å². The average molecular weight is 467 g/mol. The second-order valence-corrected chi connectivity index (χ2v) is 7.68. The maximum Gasteiger partial charge on any atom is 0.200 e. The third-order valence-electron chi connectivity index (χ3n) is 4.46. The molecule has 6 heteroatoms. The molecule has 0 N–H and O–H groups in total. The molecule has 0 fully saturated rings. The molecule has 0 aliphatic heterocycles. The van der Waals surface area contributed by atoms with E-state index < -0.39 is 35.0 Å². The maximum atomic E-state index is 14.6. The van der Waals surface area contributed by atoms with Crippen LogP contribution in [0.25, 0.3) is 0 Å². The van der Waals surface area contributed by atoms with E-state index in [1.165, 1.54) is 12.2 Å². The van der Waals surface area contributed by atoms with Gasteiger partial charge in [0, 0.05) is 17.1 Å². The summed E-state index contributed by atoms with van der Waals surface area (Å²) < 4.78 is 67.9. The SMILES string of the molecule is C=C(/C=C\C(=C)C(=C)/C(F)=C(/F)C(=C)C(C)COC(C)C)C(=C)/C(F)=C(/F)C(=C)OCCC. The van der Waals surface area contributed by atoms with Crippen molar-refractivity contribution in [2.45, 2.75) is 40.2 Å². The number of hydrogen-bond acceptors (Lipinski definition) is 2. The van der Waals surface area contributed by atoms with E-state index in [0.29, 0.717) is 6.42 Å². The van der Waals surface area contributed by atoms with Gasteiger partial charge in [-0.25, -0.2) is 13.2 Å². The van der Waals surface area contributed by atoms with E-state index >= 15 is 0 Å². The van der Waals surface area contributed by atoms with Crippen molar-refractivity contribution in [3.05, 3.63) is 109 Å². The molecule has 0 rings (SSSR count). The standard InChI is InChI=1S/C27H34F4O2/c1-11-14-32-23(10)27(31)26(30)21(8)18(5)13-12-17(4)20(7)24(28)25(29)22(9)19(6)15-33-16(2)3/h12-13,16,19H,4-5,7-11,14-15H2,1-3,6H3/b13-12-,25-24-,27-26-. The first-order valence-corrected chi connectivity index (χ1v) is 10.4. The minimum Gasteiger partial charge on any atom is -0.491 e. The Morgan fingerprint density at radius 2 is 1.21 bits per heavy atom. The zero-order valence-electron chi connectivity index (χ0n) is 20.0. The molecule has 1 atom stereocenters. The van der Waals surface area contributed by atoms with E-state index in [-0.39, 0.29) is 47.2 Å². The molecular weight excluding hydrogens is 432 g/mol. The van der Waals surface area contributed by atoms with E-state index in [9.17, 15) is 17.6 Å². The van der Waals surface area contributed by atoms with Gasteiger partial charge in [0.05, 0.1) is 19.3 Å². The molecule has 0 saturated carbocycles. The van der Waals surface area contributed by atoms with Crippen LogP contribution < -0.4 is 0 Å². The van der Waals surface area contributed by atoms with Crippen LogP contribution in [0.4, 0.5) is 17.6 Å². The van der Waals surface area contributed by atoms with Crippen molar-refractivity contribution in [1.82, 2.24) is 0 Å². The molecule has 0 aromatic rings. The first-order chi connectivity index (χ1) is 15.3. The predicted molar refractivity (Wildman–Crippen MR) is 129 cm³/mol. The van der Waals surface area contributed by atoms with E-state index in [4.69, 9.17) is 9.47 Å². The van der Waals surface area contributed by atoms with E-state index in [1.54, 1.807) is 13.8 Å². The van der Waals surface area contributed by atoms with Crippen molar-refractivity contribution >= 4 is 0 Å². The Morgan fingerprint density at radius 1 is 0.758 bits per heavy atom. The molecular formula is C27H34F4O2. The van der Waals surface area contributed by atoms with Crippen LogP contribution in [0.3, 0.4) is 0 Å². The number of ether oxygens (including phenoxy) is 2. The topological polar surface area (TPSA) is 18.5 Å². The second kappa shape index (κ2) is 14.3. The largest absolute Gasteiger partial charge is 0.491 e. The summed E-state index contributed by atoms with van der Waals surface area (Å²) in [7, 11) is 0. The Kier molecular flexibility index (Phi) is 13.1. The third kappa shape index (κ3) is 9.66. The first-order valence-electron chi connectivity index (χ1n) is 10.4. The lowest BCUT2D eigenvalue weighted by Crippen LogP contribution is -2.13. The molecule has 0 saturated heterocycles. The smallest absolute Gasteiger partial charge is 0.200 e. The summed E-state index contributed by atoms with van der Waals surface area (Å²) in [5.74, 6) is -5.88. The van der Waals surface area contributed by atoms with Gasteiger partial charge >= 0.3 is 0 Å². The highest BCUT2D eigenvalue weighted by Gasteiger charge is 2.20. The van der Waals surface area contributed by atoms with Crippen LogP contribution in [0.2, 0.25) is 0 Å². The highest BCUT2D eigenvalue weighted by atomic mass is 19.2. The highest BCUT2D eigenvalue weighted by molar-refractivity contribution is 5.54. The monoisotopic (exact) mass is 466 g/mol. The van der Waals surface area contributed by atoms with Crippen LogP contribution in [0.1, 0.15) is 34.1 Å². The second-order valence-electron chi connectivity index (χ2n) is 7.68. The van der Waals surface area contributed by atoms with Crippen molar-refractivity contribution in [1.29, 1.82) is 0 Å². The molecule has 0 spiro atoms. The number of halogens is 4. The van der Waals surface area contributed by atoms with Gasteiger partial charge < -0.3 is 9.47 Å². The van der Waals surface area contributed by atoms with Crippen LogP contribution >= 0.6 is 0 Å². The Balaban J connectivity index is 5.34. The zero-order chi connectivity index (χ0) is 25.9. The fourth-order valence-corrected chi connectivity index (χ4v) is 2.15. The van der Waals surface area contributed by atoms with Crippen LogP contribution in [0.15, 0.2) is 109 Å². The van der Waals surface area contributed by atoms with Crippen molar-refractivity contribution in [3.63, 3.8) is 0 Å². The summed E-state index contributed by atoms with van der Waals surface area (Å²) in [5.41, 5.74) is -0.788. The number of rotatable bonds is 15. The van der Waals surface area contributed by atoms with Crippen LogP contribution in [0, 0.1) is 5.92 Å². The van der Waals surface area contributed by atoms with E-state index in [1.807, 2.05) is 13.8 Å². The molecule has 0 radical (unpaired) electrons. The van der Waals surface area contributed by atoms with Gasteiger partial charge in [0.15, 0.2) is 23.2 Å². The molecule has 182 valence electrons. The molecule has 1 unspecified atom stereocenters. The lowest BCUT2D eigenvalue weighted by atomic mass is 9.98. The fourth-order valence-electron chi connectivity index (χ4n) is 2.15. The summed E-state index contributed by atoms with van der Waals surface area (Å²) in [6.45, 7) is 28.6. The van der Waals surface area contributed by atoms with Crippen molar-refractivity contribution in [2.24, 2.45) is 5.92 Å². The molecule has 0 amide bonds. The molecule has 0 bridgehead atoms. The van der Waals surface area contributed by atoms with Crippen molar-refractivity contribution < 1.29 is 27.0 Å². The minimum absolute atomic E-state index is 0.00367. The summed E-state index contributed by atoms with van der Waals surface area (Å²) in [6.07, 6.45) is 3.01. The van der Waals surface area contributed by atoms with Gasteiger partial charge in [-0.1, -0.05) is 65.5 Å². The molecule has 0 aliphatic carbocycles. The van der Waals surface area contributed by atoms with Gasteiger partial charge in [-0.2, -0.15) is 4.39 Å². The normalized spacial score (nSPS) is 13.8. The van der Waals surface area contributed by atoms with Crippen LogP contribution in [-0.4, -0.2) is 19.3 Å². The molecule has 33 heavy (non-hydrogen) atoms. The van der Waals surface area contributed by atoms with Gasteiger partial charge in [0.2, 0.25) is 5.83 Å². The van der Waals surface area contributed by atoms with E-state index in [0.717, 1.165) is 0 Å². The van der Waals surface area contributed by atoms with Gasteiger partial charge in [-0.05, 0) is 37.0 Å². The molecule has 2 nitrogen and oxygen atoms in total. The molecule has 0 heterocycles. The van der Waals surface area contributed by atoms with Crippen molar-refractivity contribution in [2.75, 3.05) is 13.2 Å². The molecule has 0 aromatic carbocycles. The minimum atomic E-state index is -1.30. The Hall–Kier alpha value is -2.86. The zero-order valence-corrected chi connectivity index (χ0v) is 20.0. The Morgan fingerprint density at radius 3 is 1.64 bits per heavy atom. The summed E-state index contributed by atoms with van der Waals surface area (Å²) in [6, 6.07) is 0. The third-order valence-corrected chi connectivity index (χ3v) is 4.46. The lowest BCUT2D eigenvalue weighted by Gasteiger charge is -2.16.